The van der Waals surface area contributed by atoms with Crippen molar-refractivity contribution in [2.24, 2.45) is 0 Å². The fourth-order valence-corrected chi connectivity index (χ4v) is 3.34. The number of hydrogen-bond donors (Lipinski definition) is 0. The van der Waals surface area contributed by atoms with Crippen LogP contribution in [0.3, 0.4) is 0 Å². The van der Waals surface area contributed by atoms with Crippen LogP contribution in [0.25, 0.3) is 11.5 Å². The molecule has 154 valence electrons. The van der Waals surface area contributed by atoms with Crippen LogP contribution in [0.2, 0.25) is 0 Å². The molecule has 0 atom stereocenters. The van der Waals surface area contributed by atoms with E-state index in [0.29, 0.717) is 23.8 Å². The van der Waals surface area contributed by atoms with Crippen molar-refractivity contribution in [1.29, 1.82) is 0 Å². The standard InChI is InChI=1S/C19H20F3N5O2/c1-12-17(25-29-24-12)27-9-7-26(8-10-27)11-16-13(2)28-18(23-16)14-3-5-15(6-4-14)19(20,21)22/h3-6H,7-11H2,1-2H3. The maximum absolute atomic E-state index is 12.7. The zero-order chi connectivity index (χ0) is 20.6. The summed E-state index contributed by atoms with van der Waals surface area (Å²) >= 11 is 0. The van der Waals surface area contributed by atoms with E-state index in [2.05, 4.69) is 25.1 Å². The van der Waals surface area contributed by atoms with E-state index in [1.54, 1.807) is 0 Å². The van der Waals surface area contributed by atoms with E-state index in [1.807, 2.05) is 13.8 Å². The Balaban J connectivity index is 1.41. The lowest BCUT2D eigenvalue weighted by molar-refractivity contribution is -0.137. The molecule has 1 saturated heterocycles. The molecule has 29 heavy (non-hydrogen) atoms. The van der Waals surface area contributed by atoms with Gasteiger partial charge in [-0.25, -0.2) is 9.61 Å². The topological polar surface area (TPSA) is 71.4 Å². The number of benzene rings is 1. The van der Waals surface area contributed by atoms with Crippen LogP contribution in [0.1, 0.15) is 22.7 Å². The summed E-state index contributed by atoms with van der Waals surface area (Å²) in [6.07, 6.45) is -4.36. The minimum Gasteiger partial charge on any atom is -0.441 e. The van der Waals surface area contributed by atoms with Crippen molar-refractivity contribution in [2.45, 2.75) is 26.6 Å². The predicted octanol–water partition coefficient (Wildman–Crippen LogP) is 3.68. The third-order valence-electron chi connectivity index (χ3n) is 5.03. The van der Waals surface area contributed by atoms with Gasteiger partial charge in [0.2, 0.25) is 5.89 Å². The minimum atomic E-state index is -4.36. The number of anilines is 1. The molecular formula is C19H20F3N5O2. The molecule has 1 fully saturated rings. The molecule has 2 aromatic heterocycles. The third kappa shape index (κ3) is 4.12. The highest BCUT2D eigenvalue weighted by molar-refractivity contribution is 5.54. The number of aryl methyl sites for hydroxylation is 2. The first kappa shape index (κ1) is 19.4. The number of nitrogens with zero attached hydrogens (tertiary/aromatic N) is 5. The molecule has 3 aromatic rings. The van der Waals surface area contributed by atoms with Gasteiger partial charge in [0.25, 0.3) is 0 Å². The largest absolute Gasteiger partial charge is 0.441 e. The Hall–Kier alpha value is -2.88. The number of rotatable bonds is 4. The molecule has 1 aliphatic heterocycles. The number of aromatic nitrogens is 3. The lowest BCUT2D eigenvalue weighted by Gasteiger charge is -2.34. The van der Waals surface area contributed by atoms with Crippen LogP contribution >= 0.6 is 0 Å². The van der Waals surface area contributed by atoms with Gasteiger partial charge in [0.1, 0.15) is 11.5 Å². The quantitative estimate of drug-likeness (QED) is 0.653. The number of alkyl halides is 3. The first-order valence-corrected chi connectivity index (χ1v) is 9.21. The Labute approximate surface area is 165 Å². The molecule has 0 radical (unpaired) electrons. The summed E-state index contributed by atoms with van der Waals surface area (Å²) in [6.45, 7) is 7.49. The monoisotopic (exact) mass is 407 g/mol. The number of hydrogen-bond acceptors (Lipinski definition) is 7. The molecule has 1 aliphatic rings. The highest BCUT2D eigenvalue weighted by Gasteiger charge is 2.30. The first-order chi connectivity index (χ1) is 13.8. The summed E-state index contributed by atoms with van der Waals surface area (Å²) in [5.74, 6) is 1.76. The summed E-state index contributed by atoms with van der Waals surface area (Å²) < 4.78 is 48.7. The van der Waals surface area contributed by atoms with Crippen LogP contribution in [-0.2, 0) is 12.7 Å². The van der Waals surface area contributed by atoms with Crippen molar-refractivity contribution >= 4 is 5.82 Å². The summed E-state index contributed by atoms with van der Waals surface area (Å²) in [5, 5.41) is 7.76. The fraction of sp³-hybridized carbons (Fsp3) is 0.421. The lowest BCUT2D eigenvalue weighted by atomic mass is 10.1. The van der Waals surface area contributed by atoms with Crippen LogP contribution in [-0.4, -0.2) is 46.4 Å². The molecule has 7 nitrogen and oxygen atoms in total. The number of piperazine rings is 1. The Kier molecular flexibility index (Phi) is 5.03. The normalized spacial score (nSPS) is 15.8. The van der Waals surface area contributed by atoms with Crippen LogP contribution in [0, 0.1) is 13.8 Å². The van der Waals surface area contributed by atoms with Gasteiger partial charge < -0.3 is 9.32 Å². The number of oxazole rings is 1. The average Bonchev–Trinajstić information content (AvgIpc) is 3.28. The van der Waals surface area contributed by atoms with Crippen molar-refractivity contribution in [3.63, 3.8) is 0 Å². The van der Waals surface area contributed by atoms with Gasteiger partial charge in [-0.1, -0.05) is 5.16 Å². The van der Waals surface area contributed by atoms with E-state index in [4.69, 9.17) is 9.05 Å². The molecule has 0 amide bonds. The SMILES string of the molecule is Cc1nonc1N1CCN(Cc2nc(-c3ccc(C(F)(F)F)cc3)oc2C)CC1. The maximum atomic E-state index is 12.7. The highest BCUT2D eigenvalue weighted by atomic mass is 19.4. The van der Waals surface area contributed by atoms with Crippen LogP contribution < -0.4 is 4.90 Å². The Morgan fingerprint density at radius 3 is 2.28 bits per heavy atom. The second kappa shape index (κ2) is 7.51. The molecule has 0 saturated carbocycles. The molecule has 3 heterocycles. The average molecular weight is 407 g/mol. The fourth-order valence-electron chi connectivity index (χ4n) is 3.34. The molecule has 0 spiro atoms. The summed E-state index contributed by atoms with van der Waals surface area (Å²) in [7, 11) is 0. The van der Waals surface area contributed by atoms with Gasteiger partial charge in [0.05, 0.1) is 11.3 Å². The first-order valence-electron chi connectivity index (χ1n) is 9.21. The third-order valence-corrected chi connectivity index (χ3v) is 5.03. The van der Waals surface area contributed by atoms with Crippen LogP contribution in [0.5, 0.6) is 0 Å². The van der Waals surface area contributed by atoms with Gasteiger partial charge in [-0.15, -0.1) is 0 Å². The van der Waals surface area contributed by atoms with E-state index < -0.39 is 11.7 Å². The molecule has 4 rings (SSSR count). The van der Waals surface area contributed by atoms with Gasteiger partial charge in [0, 0.05) is 38.3 Å². The van der Waals surface area contributed by atoms with Crippen molar-refractivity contribution in [2.75, 3.05) is 31.1 Å². The summed E-state index contributed by atoms with van der Waals surface area (Å²) in [4.78, 5) is 8.89. The molecule has 0 N–H and O–H groups in total. The Bertz CT molecular complexity index is 973. The lowest BCUT2D eigenvalue weighted by Crippen LogP contribution is -2.46. The molecule has 0 unspecified atom stereocenters. The highest BCUT2D eigenvalue weighted by Crippen LogP contribution is 2.31. The van der Waals surface area contributed by atoms with E-state index >= 15 is 0 Å². The van der Waals surface area contributed by atoms with Crippen LogP contribution in [0.15, 0.2) is 33.3 Å². The van der Waals surface area contributed by atoms with Crippen molar-refractivity contribution in [1.82, 2.24) is 20.2 Å². The Morgan fingerprint density at radius 1 is 1.00 bits per heavy atom. The maximum Gasteiger partial charge on any atom is 0.416 e. The van der Waals surface area contributed by atoms with E-state index in [-0.39, 0.29) is 0 Å². The van der Waals surface area contributed by atoms with Gasteiger partial charge in [-0.2, -0.15) is 13.2 Å². The predicted molar refractivity (Wildman–Crippen MR) is 98.2 cm³/mol. The van der Waals surface area contributed by atoms with Gasteiger partial charge in [0.15, 0.2) is 5.82 Å². The molecule has 0 aliphatic carbocycles. The Morgan fingerprint density at radius 2 is 1.69 bits per heavy atom. The van der Waals surface area contributed by atoms with Crippen LogP contribution in [0.4, 0.5) is 19.0 Å². The molecule has 1 aromatic carbocycles. The van der Waals surface area contributed by atoms with Crippen molar-refractivity contribution in [3.8, 4) is 11.5 Å². The van der Waals surface area contributed by atoms with Crippen molar-refractivity contribution < 1.29 is 22.2 Å². The van der Waals surface area contributed by atoms with Gasteiger partial charge in [-0.3, -0.25) is 4.90 Å². The van der Waals surface area contributed by atoms with E-state index in [9.17, 15) is 13.2 Å². The number of halogens is 3. The summed E-state index contributed by atoms with van der Waals surface area (Å²) in [5.41, 5.74) is 1.38. The summed E-state index contributed by atoms with van der Waals surface area (Å²) in [6, 6.07) is 4.83. The van der Waals surface area contributed by atoms with E-state index in [0.717, 1.165) is 55.5 Å². The molecule has 10 heteroatoms. The second-order valence-electron chi connectivity index (χ2n) is 7.03. The zero-order valence-electron chi connectivity index (χ0n) is 16.0. The smallest absolute Gasteiger partial charge is 0.416 e. The van der Waals surface area contributed by atoms with Gasteiger partial charge >= 0.3 is 6.18 Å². The van der Waals surface area contributed by atoms with Crippen molar-refractivity contribution in [3.05, 3.63) is 47.0 Å². The van der Waals surface area contributed by atoms with E-state index in [1.165, 1.54) is 12.1 Å². The minimum absolute atomic E-state index is 0.328. The second-order valence-corrected chi connectivity index (χ2v) is 7.03. The van der Waals surface area contributed by atoms with Gasteiger partial charge in [-0.05, 0) is 43.3 Å². The molecular weight excluding hydrogens is 387 g/mol. The molecule has 0 bridgehead atoms. The zero-order valence-corrected chi connectivity index (χ0v) is 16.0.